The van der Waals surface area contributed by atoms with Crippen LogP contribution in [0, 0.1) is 17.2 Å². The van der Waals surface area contributed by atoms with Gasteiger partial charge in [0.05, 0.1) is 12.0 Å². The van der Waals surface area contributed by atoms with E-state index in [0.29, 0.717) is 0 Å². The zero-order valence-electron chi connectivity index (χ0n) is 8.51. The Balaban J connectivity index is 2.80. The molecule has 1 amide bonds. The lowest BCUT2D eigenvalue weighted by atomic mass is 10.0. The number of hydrogen-bond acceptors (Lipinski definition) is 5. The van der Waals surface area contributed by atoms with Gasteiger partial charge in [-0.2, -0.15) is 5.26 Å². The van der Waals surface area contributed by atoms with E-state index >= 15 is 0 Å². The van der Waals surface area contributed by atoms with Crippen molar-refractivity contribution in [2.24, 2.45) is 11.8 Å². The van der Waals surface area contributed by atoms with Gasteiger partial charge < -0.3 is 0 Å². The summed E-state index contributed by atoms with van der Waals surface area (Å²) in [6.07, 6.45) is 1.42. The van der Waals surface area contributed by atoms with Gasteiger partial charge in [-0.1, -0.05) is 6.92 Å². The van der Waals surface area contributed by atoms with Gasteiger partial charge in [-0.25, -0.2) is 15.5 Å². The van der Waals surface area contributed by atoms with Gasteiger partial charge in [-0.05, 0) is 6.92 Å². The van der Waals surface area contributed by atoms with Gasteiger partial charge >= 0.3 is 0 Å². The molecule has 1 aromatic rings. The predicted octanol–water partition coefficient (Wildman–Crippen LogP) is -0.663. The summed E-state index contributed by atoms with van der Waals surface area (Å²) in [5.41, 5.74) is 2.07. The van der Waals surface area contributed by atoms with Crippen LogP contribution in [0.1, 0.15) is 25.7 Å². The Labute approximate surface area is 86.9 Å². The van der Waals surface area contributed by atoms with E-state index in [4.69, 9.17) is 11.1 Å². The molecule has 0 saturated carbocycles. The fraction of sp³-hybridized carbons (Fsp3) is 0.500. The van der Waals surface area contributed by atoms with Crippen LogP contribution in [0.25, 0.3) is 0 Å². The van der Waals surface area contributed by atoms with Crippen molar-refractivity contribution in [3.8, 4) is 6.07 Å². The Bertz CT molecular complexity index is 392. The summed E-state index contributed by atoms with van der Waals surface area (Å²) in [4.78, 5) is 15.0. The van der Waals surface area contributed by atoms with Crippen molar-refractivity contribution >= 4 is 5.91 Å². The van der Waals surface area contributed by atoms with E-state index in [1.807, 2.05) is 6.07 Å². The Kier molecular flexibility index (Phi) is 3.36. The molecule has 0 aromatic carbocycles. The van der Waals surface area contributed by atoms with Crippen LogP contribution in [0.5, 0.6) is 0 Å². The molecule has 1 rings (SSSR count). The first kappa shape index (κ1) is 11.1. The number of aromatic nitrogens is 3. The molecule has 0 bridgehead atoms. The number of amides is 1. The van der Waals surface area contributed by atoms with Gasteiger partial charge in [0, 0.05) is 0 Å². The van der Waals surface area contributed by atoms with Gasteiger partial charge in [0.15, 0.2) is 0 Å². The van der Waals surface area contributed by atoms with E-state index in [0.717, 1.165) is 0 Å². The largest absolute Gasteiger partial charge is 0.294 e. The number of nitrogens with one attached hydrogen (secondary N) is 1. The number of carbonyl (C=O) groups excluding carboxylic acids is 1. The van der Waals surface area contributed by atoms with Gasteiger partial charge in [0.2, 0.25) is 5.91 Å². The standard InChI is InChI=1S/C8H12N6O/c1-5(8(15)12-10)6(2)14-4-11-7(3-9)13-14/h4-6H,10H2,1-2H3,(H,12,15). The van der Waals surface area contributed by atoms with Crippen LogP contribution in [-0.2, 0) is 4.79 Å². The maximum Gasteiger partial charge on any atom is 0.252 e. The van der Waals surface area contributed by atoms with Crippen molar-refractivity contribution in [1.82, 2.24) is 20.2 Å². The van der Waals surface area contributed by atoms with Crippen LogP contribution in [-0.4, -0.2) is 20.7 Å². The normalized spacial score (nSPS) is 14.0. The quantitative estimate of drug-likeness (QED) is 0.389. The monoisotopic (exact) mass is 208 g/mol. The first-order chi connectivity index (χ1) is 7.10. The fourth-order valence-corrected chi connectivity index (χ4v) is 1.10. The highest BCUT2D eigenvalue weighted by atomic mass is 16.2. The summed E-state index contributed by atoms with van der Waals surface area (Å²) in [5, 5.41) is 12.4. The van der Waals surface area contributed by atoms with E-state index < -0.39 is 0 Å². The number of hydrogen-bond donors (Lipinski definition) is 2. The van der Waals surface area contributed by atoms with Crippen LogP contribution in [0.3, 0.4) is 0 Å². The highest BCUT2D eigenvalue weighted by molar-refractivity contribution is 5.78. The molecular formula is C8H12N6O. The van der Waals surface area contributed by atoms with Crippen molar-refractivity contribution in [3.05, 3.63) is 12.2 Å². The van der Waals surface area contributed by atoms with E-state index in [9.17, 15) is 4.79 Å². The molecule has 0 aliphatic carbocycles. The molecule has 0 spiro atoms. The maximum atomic E-state index is 11.2. The first-order valence-corrected chi connectivity index (χ1v) is 4.41. The lowest BCUT2D eigenvalue weighted by molar-refractivity contribution is -0.125. The second-order valence-electron chi connectivity index (χ2n) is 3.20. The zero-order valence-corrected chi connectivity index (χ0v) is 8.51. The number of hydrazine groups is 1. The average Bonchev–Trinajstić information content (AvgIpc) is 2.74. The van der Waals surface area contributed by atoms with E-state index in [2.05, 4.69) is 15.5 Å². The predicted molar refractivity (Wildman–Crippen MR) is 50.9 cm³/mol. The molecule has 7 nitrogen and oxygen atoms in total. The minimum atomic E-state index is -0.344. The third kappa shape index (κ3) is 2.30. The average molecular weight is 208 g/mol. The SMILES string of the molecule is CC(C(=O)NN)C(C)n1cnc(C#N)n1. The summed E-state index contributed by atoms with van der Waals surface area (Å²) in [7, 11) is 0. The van der Waals surface area contributed by atoms with E-state index in [-0.39, 0.29) is 23.7 Å². The van der Waals surface area contributed by atoms with Gasteiger partial charge in [-0.15, -0.1) is 5.10 Å². The lowest BCUT2D eigenvalue weighted by Gasteiger charge is -2.17. The van der Waals surface area contributed by atoms with Crippen LogP contribution in [0.4, 0.5) is 0 Å². The maximum absolute atomic E-state index is 11.2. The Hall–Kier alpha value is -1.94. The molecule has 3 N–H and O–H groups in total. The zero-order chi connectivity index (χ0) is 11.4. The van der Waals surface area contributed by atoms with Crippen LogP contribution in [0.15, 0.2) is 6.33 Å². The van der Waals surface area contributed by atoms with Crippen molar-refractivity contribution in [3.63, 3.8) is 0 Å². The molecule has 7 heteroatoms. The Morgan fingerprint density at radius 2 is 2.40 bits per heavy atom. The second-order valence-corrected chi connectivity index (χ2v) is 3.20. The summed E-state index contributed by atoms with van der Waals surface area (Å²) in [6, 6.07) is 1.61. The van der Waals surface area contributed by atoms with Crippen molar-refractivity contribution in [1.29, 1.82) is 5.26 Å². The summed E-state index contributed by atoms with van der Waals surface area (Å²) >= 11 is 0. The minimum Gasteiger partial charge on any atom is -0.294 e. The van der Waals surface area contributed by atoms with Crippen LogP contribution in [0.2, 0.25) is 0 Å². The van der Waals surface area contributed by atoms with Gasteiger partial charge in [-0.3, -0.25) is 10.2 Å². The van der Waals surface area contributed by atoms with Crippen LogP contribution >= 0.6 is 0 Å². The molecule has 2 atom stereocenters. The summed E-state index contributed by atoms with van der Waals surface area (Å²) in [6.45, 7) is 3.52. The fourth-order valence-electron chi connectivity index (χ4n) is 1.10. The smallest absolute Gasteiger partial charge is 0.252 e. The van der Waals surface area contributed by atoms with Crippen molar-refractivity contribution in [2.75, 3.05) is 0 Å². The molecule has 1 aromatic heterocycles. The third-order valence-electron chi connectivity index (χ3n) is 2.31. The molecular weight excluding hydrogens is 196 g/mol. The van der Waals surface area contributed by atoms with Crippen LogP contribution < -0.4 is 11.3 Å². The van der Waals surface area contributed by atoms with Crippen molar-refractivity contribution in [2.45, 2.75) is 19.9 Å². The van der Waals surface area contributed by atoms with Gasteiger partial charge in [0.1, 0.15) is 12.4 Å². The van der Waals surface area contributed by atoms with E-state index in [1.54, 1.807) is 13.8 Å². The number of rotatable bonds is 3. The summed E-state index contributed by atoms with van der Waals surface area (Å²) in [5.74, 6) is 4.48. The molecule has 15 heavy (non-hydrogen) atoms. The molecule has 80 valence electrons. The Morgan fingerprint density at radius 1 is 1.73 bits per heavy atom. The molecule has 0 fully saturated rings. The minimum absolute atomic E-state index is 0.0854. The lowest BCUT2D eigenvalue weighted by Crippen LogP contribution is -2.37. The van der Waals surface area contributed by atoms with Crippen molar-refractivity contribution < 1.29 is 4.79 Å². The highest BCUT2D eigenvalue weighted by Crippen LogP contribution is 2.15. The van der Waals surface area contributed by atoms with Gasteiger partial charge in [0.25, 0.3) is 5.82 Å². The van der Waals surface area contributed by atoms with E-state index in [1.165, 1.54) is 11.0 Å². The molecule has 0 saturated heterocycles. The first-order valence-electron chi connectivity index (χ1n) is 4.41. The number of nitrogens with zero attached hydrogens (tertiary/aromatic N) is 4. The molecule has 0 radical (unpaired) electrons. The summed E-state index contributed by atoms with van der Waals surface area (Å²) < 4.78 is 1.47. The molecule has 0 aliphatic rings. The topological polar surface area (TPSA) is 110 Å². The second kappa shape index (κ2) is 4.52. The molecule has 0 aliphatic heterocycles. The number of nitriles is 1. The third-order valence-corrected chi connectivity index (χ3v) is 2.31. The number of nitrogens with two attached hydrogens (primary N) is 1. The molecule has 2 unspecified atom stereocenters. The Morgan fingerprint density at radius 3 is 2.87 bits per heavy atom. The highest BCUT2D eigenvalue weighted by Gasteiger charge is 2.21. The molecule has 1 heterocycles. The number of carbonyl (C=O) groups is 1.